The zero-order valence-corrected chi connectivity index (χ0v) is 23.7. The van der Waals surface area contributed by atoms with Gasteiger partial charge >= 0.3 is 11.9 Å². The van der Waals surface area contributed by atoms with Crippen LogP contribution in [0.1, 0.15) is 63.2 Å². The predicted octanol–water partition coefficient (Wildman–Crippen LogP) is 4.83. The Kier molecular flexibility index (Phi) is 9.85. The molecule has 2 aliphatic carbocycles. The third-order valence-corrected chi connectivity index (χ3v) is 8.68. The number of carboxylic acid groups (broad SMARTS) is 2. The van der Waals surface area contributed by atoms with Crippen LogP contribution in [0, 0.1) is 16.7 Å². The van der Waals surface area contributed by atoms with Crippen LogP contribution in [0.3, 0.4) is 0 Å². The number of rotatable bonds is 11. The molecular formula is C28H34Cl2N2O7. The van der Waals surface area contributed by atoms with Crippen molar-refractivity contribution in [2.75, 3.05) is 13.2 Å². The Labute approximate surface area is 237 Å². The number of halogens is 2. The normalized spacial score (nSPS) is 21.5. The molecule has 0 bridgehead atoms. The average Bonchev–Trinajstić information content (AvgIpc) is 3.38. The molecule has 0 radical (unpaired) electrons. The van der Waals surface area contributed by atoms with Gasteiger partial charge in [0, 0.05) is 23.5 Å². The summed E-state index contributed by atoms with van der Waals surface area (Å²) in [7, 11) is 0. The van der Waals surface area contributed by atoms with Crippen molar-refractivity contribution in [3.8, 4) is 0 Å². The van der Waals surface area contributed by atoms with Gasteiger partial charge in [-0.1, -0.05) is 74.5 Å². The summed E-state index contributed by atoms with van der Waals surface area (Å²) in [6, 6.07) is 3.55. The predicted molar refractivity (Wildman–Crippen MR) is 147 cm³/mol. The number of benzene rings is 1. The Morgan fingerprint density at radius 2 is 1.67 bits per heavy atom. The number of amides is 2. The maximum Gasteiger partial charge on any atom is 0.329 e. The lowest BCUT2D eigenvalue weighted by atomic mass is 9.58. The first-order chi connectivity index (χ1) is 18.3. The third-order valence-electron chi connectivity index (χ3n) is 8.05. The molecule has 2 unspecified atom stereocenters. The fraction of sp³-hybridized carbons (Fsp3) is 0.500. The fourth-order valence-corrected chi connectivity index (χ4v) is 5.74. The number of hydrogen-bond donors (Lipinski definition) is 4. The molecule has 1 aromatic rings. The van der Waals surface area contributed by atoms with Gasteiger partial charge in [-0.25, -0.2) is 9.59 Å². The van der Waals surface area contributed by atoms with Crippen molar-refractivity contribution < 1.29 is 34.1 Å². The van der Waals surface area contributed by atoms with Gasteiger partial charge in [-0.05, 0) is 36.5 Å². The maximum atomic E-state index is 13.2. The average molecular weight is 581 g/mol. The van der Waals surface area contributed by atoms with Crippen LogP contribution < -0.4 is 10.6 Å². The molecule has 1 aromatic carbocycles. The van der Waals surface area contributed by atoms with Crippen LogP contribution in [0.2, 0.25) is 10.0 Å². The number of ether oxygens (including phenoxy) is 1. The van der Waals surface area contributed by atoms with Crippen LogP contribution in [-0.2, 0) is 19.1 Å². The number of nitrogens with one attached hydrogen (secondary N) is 2. The molecular weight excluding hydrogens is 547 g/mol. The first-order valence-corrected chi connectivity index (χ1v) is 13.5. The first-order valence-electron chi connectivity index (χ1n) is 12.8. The molecule has 1 saturated carbocycles. The summed E-state index contributed by atoms with van der Waals surface area (Å²) in [5.74, 6) is -3.31. The fourth-order valence-electron chi connectivity index (χ4n) is 5.17. The van der Waals surface area contributed by atoms with Crippen LogP contribution in [0.4, 0.5) is 0 Å². The van der Waals surface area contributed by atoms with E-state index in [0.29, 0.717) is 11.3 Å². The lowest BCUT2D eigenvalue weighted by molar-refractivity contribution is -0.144. The summed E-state index contributed by atoms with van der Waals surface area (Å²) in [6.07, 6.45) is 6.76. The van der Waals surface area contributed by atoms with E-state index in [1.807, 2.05) is 13.8 Å². The summed E-state index contributed by atoms with van der Waals surface area (Å²) in [4.78, 5) is 49.2. The minimum Gasteiger partial charge on any atom is -0.480 e. The standard InChI is InChI=1S/C28H34Cl2N2O7/c1-27(2)17(13-20(26(37)38)31-24(35)16-7-4-5-8-16)11-12-21(28(27,3)15-39-14-22(33)34)32-25(36)23-18(29)9-6-10-19(23)30/h6,9-12,16,20H,4-5,7-8,13-15H2,1-3H3,(H,31,35)(H,32,36)(H,33,34)(H,37,38). The van der Waals surface area contributed by atoms with Crippen molar-refractivity contribution in [1.82, 2.24) is 10.6 Å². The topological polar surface area (TPSA) is 142 Å². The van der Waals surface area contributed by atoms with E-state index in [1.54, 1.807) is 37.3 Å². The molecule has 11 heteroatoms. The van der Waals surface area contributed by atoms with E-state index in [4.69, 9.17) is 33.0 Å². The number of carboxylic acids is 2. The van der Waals surface area contributed by atoms with Crippen LogP contribution in [0.25, 0.3) is 0 Å². The smallest absolute Gasteiger partial charge is 0.329 e. The van der Waals surface area contributed by atoms with Gasteiger partial charge in [-0.3, -0.25) is 9.59 Å². The van der Waals surface area contributed by atoms with E-state index in [2.05, 4.69) is 10.6 Å². The van der Waals surface area contributed by atoms with Gasteiger partial charge in [-0.15, -0.1) is 0 Å². The maximum absolute atomic E-state index is 13.2. The van der Waals surface area contributed by atoms with Gasteiger partial charge in [0.1, 0.15) is 12.6 Å². The number of allylic oxidation sites excluding steroid dienone is 2. The van der Waals surface area contributed by atoms with Crippen molar-refractivity contribution in [1.29, 1.82) is 0 Å². The molecule has 3 rings (SSSR count). The summed E-state index contributed by atoms with van der Waals surface area (Å²) in [5, 5.41) is 24.9. The molecule has 1 fully saturated rings. The van der Waals surface area contributed by atoms with Crippen molar-refractivity contribution in [2.24, 2.45) is 16.7 Å². The van der Waals surface area contributed by atoms with Crippen molar-refractivity contribution in [3.63, 3.8) is 0 Å². The van der Waals surface area contributed by atoms with Crippen LogP contribution in [-0.4, -0.2) is 53.2 Å². The Bertz CT molecular complexity index is 1180. The van der Waals surface area contributed by atoms with E-state index in [0.717, 1.165) is 25.7 Å². The van der Waals surface area contributed by atoms with Crippen LogP contribution in [0.5, 0.6) is 0 Å². The molecule has 0 heterocycles. The molecule has 2 amide bonds. The molecule has 0 saturated heterocycles. The molecule has 9 nitrogen and oxygen atoms in total. The second kappa shape index (κ2) is 12.5. The van der Waals surface area contributed by atoms with Gasteiger partial charge in [0.2, 0.25) is 5.91 Å². The summed E-state index contributed by atoms with van der Waals surface area (Å²) in [5.41, 5.74) is -0.641. The summed E-state index contributed by atoms with van der Waals surface area (Å²) in [6.45, 7) is 4.87. The minimum absolute atomic E-state index is 0.0172. The van der Waals surface area contributed by atoms with Crippen molar-refractivity contribution in [2.45, 2.75) is 58.9 Å². The van der Waals surface area contributed by atoms with E-state index >= 15 is 0 Å². The van der Waals surface area contributed by atoms with Gasteiger partial charge in [0.15, 0.2) is 0 Å². The number of carbonyl (C=O) groups excluding carboxylic acids is 2. The van der Waals surface area contributed by atoms with E-state index in [1.165, 1.54) is 0 Å². The Morgan fingerprint density at radius 1 is 1.05 bits per heavy atom. The van der Waals surface area contributed by atoms with E-state index in [-0.39, 0.29) is 40.5 Å². The van der Waals surface area contributed by atoms with Gasteiger partial charge < -0.3 is 25.6 Å². The Hall–Kier alpha value is -2.88. The number of hydrogen-bond acceptors (Lipinski definition) is 5. The zero-order valence-electron chi connectivity index (χ0n) is 22.2. The van der Waals surface area contributed by atoms with E-state index < -0.39 is 41.3 Å². The van der Waals surface area contributed by atoms with Gasteiger partial charge in [0.25, 0.3) is 5.91 Å². The minimum atomic E-state index is -1.15. The first kappa shape index (κ1) is 30.7. The van der Waals surface area contributed by atoms with Crippen molar-refractivity contribution in [3.05, 3.63) is 57.2 Å². The van der Waals surface area contributed by atoms with Crippen LogP contribution >= 0.6 is 23.2 Å². The summed E-state index contributed by atoms with van der Waals surface area (Å²) >= 11 is 12.5. The monoisotopic (exact) mass is 580 g/mol. The Balaban J connectivity index is 1.94. The Morgan fingerprint density at radius 3 is 2.23 bits per heavy atom. The molecule has 4 N–H and O–H groups in total. The molecule has 0 spiro atoms. The zero-order chi connectivity index (χ0) is 29.0. The third kappa shape index (κ3) is 6.83. The highest BCUT2D eigenvalue weighted by molar-refractivity contribution is 6.39. The van der Waals surface area contributed by atoms with Crippen LogP contribution in [0.15, 0.2) is 41.6 Å². The number of carbonyl (C=O) groups is 4. The second-order valence-electron chi connectivity index (χ2n) is 10.8. The van der Waals surface area contributed by atoms with Crippen molar-refractivity contribution >= 4 is 47.0 Å². The molecule has 39 heavy (non-hydrogen) atoms. The highest BCUT2D eigenvalue weighted by Gasteiger charge is 2.49. The second-order valence-corrected chi connectivity index (χ2v) is 11.6. The molecule has 2 atom stereocenters. The lowest BCUT2D eigenvalue weighted by Gasteiger charge is -2.49. The molecule has 212 valence electrons. The van der Waals surface area contributed by atoms with Gasteiger partial charge in [-0.2, -0.15) is 0 Å². The van der Waals surface area contributed by atoms with E-state index in [9.17, 15) is 24.3 Å². The highest BCUT2D eigenvalue weighted by atomic mass is 35.5. The summed E-state index contributed by atoms with van der Waals surface area (Å²) < 4.78 is 5.51. The SMILES string of the molecule is CC1(C)C(CC(NC(=O)C2CCCC2)C(=O)O)=CC=C(NC(=O)c2c(Cl)cccc2Cl)C1(C)COCC(=O)O. The molecule has 2 aliphatic rings. The quantitative estimate of drug-likeness (QED) is 0.293. The largest absolute Gasteiger partial charge is 0.480 e. The molecule has 0 aromatic heterocycles. The number of aliphatic carboxylic acids is 2. The lowest BCUT2D eigenvalue weighted by Crippen LogP contribution is -2.50. The van der Waals surface area contributed by atoms with Gasteiger partial charge in [0.05, 0.1) is 22.2 Å². The highest BCUT2D eigenvalue weighted by Crippen LogP contribution is 2.52. The molecule has 0 aliphatic heterocycles.